The average molecular weight is 488 g/mol. The molecule has 0 bridgehead atoms. The van der Waals surface area contributed by atoms with Crippen LogP contribution in [-0.2, 0) is 26.2 Å². The van der Waals surface area contributed by atoms with E-state index < -0.39 is 34.1 Å². The number of sulfonamides is 1. The number of nitrogens with zero attached hydrogens (tertiary/aromatic N) is 2. The highest BCUT2D eigenvalue weighted by Crippen LogP contribution is 2.23. The van der Waals surface area contributed by atoms with Crippen molar-refractivity contribution in [3.63, 3.8) is 0 Å². The van der Waals surface area contributed by atoms with E-state index in [9.17, 15) is 18.0 Å². The van der Waals surface area contributed by atoms with E-state index in [0.717, 1.165) is 27.3 Å². The molecule has 1 N–H and O–H groups in total. The van der Waals surface area contributed by atoms with Gasteiger partial charge in [0.25, 0.3) is 0 Å². The number of carbonyl (C=O) groups excluding carboxylic acids is 2. The van der Waals surface area contributed by atoms with E-state index in [1.807, 2.05) is 65.0 Å². The number of amides is 2. The molecule has 34 heavy (non-hydrogen) atoms. The third kappa shape index (κ3) is 7.32. The van der Waals surface area contributed by atoms with E-state index in [2.05, 4.69) is 5.32 Å². The Balaban J connectivity index is 2.49. The first kappa shape index (κ1) is 27.4. The van der Waals surface area contributed by atoms with Crippen LogP contribution in [0.3, 0.4) is 0 Å². The van der Waals surface area contributed by atoms with E-state index in [1.165, 1.54) is 4.90 Å². The highest BCUT2D eigenvalue weighted by molar-refractivity contribution is 7.92. The smallest absolute Gasteiger partial charge is 0.244 e. The standard InChI is InChI=1S/C26H37N3O4S/c1-8-22(25(31)27-26(4,5)6)28(17-21-15-11-9-13-19(21)2)24(30)18-29(34(7,32)33)23-16-12-10-14-20(23)3/h9-16,22H,8,17-18H2,1-7H3,(H,27,31). The lowest BCUT2D eigenvalue weighted by atomic mass is 10.0. The molecule has 0 saturated carbocycles. The van der Waals surface area contributed by atoms with Crippen LogP contribution in [0.4, 0.5) is 5.69 Å². The van der Waals surface area contributed by atoms with Gasteiger partial charge in [-0.2, -0.15) is 0 Å². The Bertz CT molecular complexity index is 1120. The van der Waals surface area contributed by atoms with Crippen LogP contribution in [0.1, 0.15) is 50.8 Å². The van der Waals surface area contributed by atoms with Crippen LogP contribution in [0.15, 0.2) is 48.5 Å². The number of hydrogen-bond donors (Lipinski definition) is 1. The number of aryl methyl sites for hydroxylation is 2. The number of benzene rings is 2. The summed E-state index contributed by atoms with van der Waals surface area (Å²) in [4.78, 5) is 28.4. The van der Waals surface area contributed by atoms with Crippen molar-refractivity contribution in [3.05, 3.63) is 65.2 Å². The van der Waals surface area contributed by atoms with Crippen molar-refractivity contribution in [2.45, 2.75) is 66.1 Å². The molecule has 2 aromatic rings. The Hall–Kier alpha value is -2.87. The molecule has 186 valence electrons. The maximum atomic E-state index is 13.7. The quantitative estimate of drug-likeness (QED) is 0.583. The summed E-state index contributed by atoms with van der Waals surface area (Å²) in [5, 5.41) is 2.97. The number of rotatable bonds is 9. The van der Waals surface area contributed by atoms with E-state index in [-0.39, 0.29) is 12.5 Å². The van der Waals surface area contributed by atoms with E-state index >= 15 is 0 Å². The van der Waals surface area contributed by atoms with Crippen molar-refractivity contribution in [2.75, 3.05) is 17.1 Å². The van der Waals surface area contributed by atoms with Gasteiger partial charge in [-0.3, -0.25) is 13.9 Å². The Labute approximate surface area is 204 Å². The third-order valence-electron chi connectivity index (χ3n) is 5.55. The Morgan fingerprint density at radius 1 is 0.971 bits per heavy atom. The summed E-state index contributed by atoms with van der Waals surface area (Å²) < 4.78 is 26.5. The highest BCUT2D eigenvalue weighted by Gasteiger charge is 2.33. The van der Waals surface area contributed by atoms with Crippen molar-refractivity contribution in [1.82, 2.24) is 10.2 Å². The maximum Gasteiger partial charge on any atom is 0.244 e. The lowest BCUT2D eigenvalue weighted by Gasteiger charge is -2.35. The van der Waals surface area contributed by atoms with Gasteiger partial charge < -0.3 is 10.2 Å². The topological polar surface area (TPSA) is 86.8 Å². The summed E-state index contributed by atoms with van der Waals surface area (Å²) in [7, 11) is -3.75. The third-order valence-corrected chi connectivity index (χ3v) is 6.68. The Morgan fingerprint density at radius 2 is 1.53 bits per heavy atom. The predicted octanol–water partition coefficient (Wildman–Crippen LogP) is 3.79. The minimum absolute atomic E-state index is 0.201. The zero-order valence-corrected chi connectivity index (χ0v) is 22.1. The van der Waals surface area contributed by atoms with Gasteiger partial charge in [0.15, 0.2) is 0 Å². The van der Waals surface area contributed by atoms with Crippen LogP contribution < -0.4 is 9.62 Å². The molecule has 0 aliphatic carbocycles. The zero-order valence-electron chi connectivity index (χ0n) is 21.3. The highest BCUT2D eigenvalue weighted by atomic mass is 32.2. The molecule has 0 aromatic heterocycles. The van der Waals surface area contributed by atoms with E-state index in [1.54, 1.807) is 25.1 Å². The van der Waals surface area contributed by atoms with Crippen molar-refractivity contribution in [2.24, 2.45) is 0 Å². The molecule has 0 radical (unpaired) electrons. The van der Waals surface area contributed by atoms with Gasteiger partial charge in [0.05, 0.1) is 11.9 Å². The molecule has 1 unspecified atom stereocenters. The first-order valence-corrected chi connectivity index (χ1v) is 13.3. The zero-order chi connectivity index (χ0) is 25.7. The molecule has 2 aromatic carbocycles. The van der Waals surface area contributed by atoms with Crippen molar-refractivity contribution >= 4 is 27.5 Å². The molecule has 2 amide bonds. The fraction of sp³-hybridized carbons (Fsp3) is 0.462. The molecule has 7 nitrogen and oxygen atoms in total. The molecule has 0 heterocycles. The first-order valence-electron chi connectivity index (χ1n) is 11.4. The van der Waals surface area contributed by atoms with Crippen LogP contribution in [0.2, 0.25) is 0 Å². The van der Waals surface area contributed by atoms with Crippen LogP contribution in [0, 0.1) is 13.8 Å². The first-order chi connectivity index (χ1) is 15.7. The number of hydrogen-bond acceptors (Lipinski definition) is 4. The summed E-state index contributed by atoms with van der Waals surface area (Å²) in [6, 6.07) is 14.0. The average Bonchev–Trinajstić information content (AvgIpc) is 2.71. The second-order valence-electron chi connectivity index (χ2n) is 9.67. The number of carbonyl (C=O) groups is 2. The summed E-state index contributed by atoms with van der Waals surface area (Å²) in [5.41, 5.74) is 2.61. The molecule has 0 spiro atoms. The molecule has 0 aliphatic rings. The minimum Gasteiger partial charge on any atom is -0.350 e. The largest absolute Gasteiger partial charge is 0.350 e. The molecular weight excluding hydrogens is 450 g/mol. The minimum atomic E-state index is -3.75. The number of anilines is 1. The van der Waals surface area contributed by atoms with E-state index in [0.29, 0.717) is 12.1 Å². The second kappa shape index (κ2) is 11.0. The van der Waals surface area contributed by atoms with Gasteiger partial charge in [-0.05, 0) is 63.8 Å². The van der Waals surface area contributed by atoms with Gasteiger partial charge in [0.2, 0.25) is 21.8 Å². The Morgan fingerprint density at radius 3 is 2.03 bits per heavy atom. The fourth-order valence-electron chi connectivity index (χ4n) is 3.78. The number of para-hydroxylation sites is 1. The molecule has 8 heteroatoms. The van der Waals surface area contributed by atoms with Crippen LogP contribution in [0.5, 0.6) is 0 Å². The molecular formula is C26H37N3O4S. The summed E-state index contributed by atoms with van der Waals surface area (Å²) in [5.74, 6) is -0.702. The van der Waals surface area contributed by atoms with Crippen molar-refractivity contribution in [3.8, 4) is 0 Å². The van der Waals surface area contributed by atoms with Crippen LogP contribution in [-0.4, -0.2) is 49.5 Å². The van der Waals surface area contributed by atoms with Crippen LogP contribution in [0.25, 0.3) is 0 Å². The number of nitrogens with one attached hydrogen (secondary N) is 1. The molecule has 0 aliphatic heterocycles. The summed E-state index contributed by atoms with van der Waals surface area (Å²) in [6.45, 7) is 11.1. The van der Waals surface area contributed by atoms with Crippen LogP contribution >= 0.6 is 0 Å². The van der Waals surface area contributed by atoms with Crippen molar-refractivity contribution in [1.29, 1.82) is 0 Å². The van der Waals surface area contributed by atoms with Crippen molar-refractivity contribution < 1.29 is 18.0 Å². The van der Waals surface area contributed by atoms with E-state index in [4.69, 9.17) is 0 Å². The lowest BCUT2D eigenvalue weighted by Crippen LogP contribution is -2.55. The SMILES string of the molecule is CCC(C(=O)NC(C)(C)C)N(Cc1ccccc1C)C(=O)CN(c1ccccc1C)S(C)(=O)=O. The van der Waals surface area contributed by atoms with Gasteiger partial charge in [0.1, 0.15) is 12.6 Å². The summed E-state index contributed by atoms with van der Waals surface area (Å²) in [6.07, 6.45) is 1.48. The monoisotopic (exact) mass is 487 g/mol. The second-order valence-corrected chi connectivity index (χ2v) is 11.6. The van der Waals surface area contributed by atoms with Gasteiger partial charge in [-0.1, -0.05) is 49.4 Å². The summed E-state index contributed by atoms with van der Waals surface area (Å²) >= 11 is 0. The normalized spacial score (nSPS) is 12.7. The predicted molar refractivity (Wildman–Crippen MR) is 137 cm³/mol. The van der Waals surface area contributed by atoms with Gasteiger partial charge in [0, 0.05) is 12.1 Å². The molecule has 0 fully saturated rings. The maximum absolute atomic E-state index is 13.7. The lowest BCUT2D eigenvalue weighted by molar-refractivity contribution is -0.141. The van der Waals surface area contributed by atoms with Gasteiger partial charge in [-0.15, -0.1) is 0 Å². The molecule has 2 rings (SSSR count). The Kier molecular flexibility index (Phi) is 8.89. The van der Waals surface area contributed by atoms with Gasteiger partial charge >= 0.3 is 0 Å². The molecule has 0 saturated heterocycles. The fourth-order valence-corrected chi connectivity index (χ4v) is 4.69. The van der Waals surface area contributed by atoms with Gasteiger partial charge in [-0.25, -0.2) is 8.42 Å². The molecule has 1 atom stereocenters.